The Balaban J connectivity index is 1.59. The second kappa shape index (κ2) is 6.75. The van der Waals surface area contributed by atoms with Crippen molar-refractivity contribution >= 4 is 28.2 Å². The number of nitrogens with zero attached hydrogens (tertiary/aromatic N) is 5. The molecule has 0 amide bonds. The Morgan fingerprint density at radius 2 is 1.86 bits per heavy atom. The highest BCUT2D eigenvalue weighted by Gasteiger charge is 2.26. The van der Waals surface area contributed by atoms with E-state index in [9.17, 15) is 10.1 Å². The van der Waals surface area contributed by atoms with E-state index in [0.717, 1.165) is 0 Å². The number of para-hydroxylation sites is 2. The van der Waals surface area contributed by atoms with E-state index in [1.165, 1.54) is 12.7 Å². The Labute approximate surface area is 163 Å². The fourth-order valence-electron chi connectivity index (χ4n) is 3.19. The van der Waals surface area contributed by atoms with Crippen molar-refractivity contribution in [2.24, 2.45) is 0 Å². The first kappa shape index (κ1) is 16.9. The van der Waals surface area contributed by atoms with E-state index in [1.54, 1.807) is 22.8 Å². The third-order valence-electron chi connectivity index (χ3n) is 4.47. The molecule has 0 spiro atoms. The molecule has 1 aliphatic rings. The minimum Gasteiger partial charge on any atom is -0.486 e. The van der Waals surface area contributed by atoms with Crippen LogP contribution in [0.2, 0.25) is 0 Å². The fraction of sp³-hybridized carbons (Fsp3) is 0.105. The van der Waals surface area contributed by atoms with Gasteiger partial charge in [0.25, 0.3) is 0 Å². The maximum atomic E-state index is 11.9. The lowest BCUT2D eigenvalue weighted by atomic mass is 10.2. The Hall–Kier alpha value is -4.21. The number of rotatable bonds is 4. The second-order valence-corrected chi connectivity index (χ2v) is 6.24. The molecule has 2 aromatic carbocycles. The Morgan fingerprint density at radius 3 is 2.72 bits per heavy atom. The van der Waals surface area contributed by atoms with Crippen LogP contribution in [0.3, 0.4) is 0 Å². The van der Waals surface area contributed by atoms with Crippen molar-refractivity contribution in [1.29, 1.82) is 0 Å². The predicted molar refractivity (Wildman–Crippen MR) is 104 cm³/mol. The summed E-state index contributed by atoms with van der Waals surface area (Å²) in [5.74, 6) is 1.39. The Bertz CT molecular complexity index is 1240. The quantitative estimate of drug-likeness (QED) is 0.417. The van der Waals surface area contributed by atoms with Crippen LogP contribution in [0, 0.1) is 10.1 Å². The van der Waals surface area contributed by atoms with Gasteiger partial charge in [0, 0.05) is 11.8 Å². The van der Waals surface area contributed by atoms with Gasteiger partial charge in [-0.1, -0.05) is 12.1 Å². The largest absolute Gasteiger partial charge is 0.486 e. The van der Waals surface area contributed by atoms with Crippen molar-refractivity contribution in [2.75, 3.05) is 18.5 Å². The number of ether oxygens (including phenoxy) is 2. The molecule has 5 rings (SSSR count). The summed E-state index contributed by atoms with van der Waals surface area (Å²) in [6.07, 6.45) is 2.78. The smallest absolute Gasteiger partial charge is 0.354 e. The average molecular weight is 390 g/mol. The predicted octanol–water partition coefficient (Wildman–Crippen LogP) is 3.24. The van der Waals surface area contributed by atoms with Gasteiger partial charge in [0.15, 0.2) is 11.5 Å². The standard InChI is InChI=1S/C19H14N6O4/c26-25(27)17-18(23-12-5-6-15-16(9-12)29-8-7-28-15)20-10-21-19(17)24-11-22-13-3-1-2-4-14(13)24/h1-6,9-11H,7-8H2,(H,20,21,23). The van der Waals surface area contributed by atoms with Gasteiger partial charge in [0.1, 0.15) is 25.9 Å². The minimum absolute atomic E-state index is 0.0643. The summed E-state index contributed by atoms with van der Waals surface area (Å²) in [6.45, 7) is 0.932. The lowest BCUT2D eigenvalue weighted by Crippen LogP contribution is -2.15. The maximum absolute atomic E-state index is 11.9. The lowest BCUT2D eigenvalue weighted by molar-refractivity contribution is -0.384. The zero-order valence-corrected chi connectivity index (χ0v) is 15.0. The van der Waals surface area contributed by atoms with Crippen LogP contribution in [0.15, 0.2) is 55.1 Å². The van der Waals surface area contributed by atoms with Crippen molar-refractivity contribution in [3.8, 4) is 17.3 Å². The molecule has 0 saturated carbocycles. The molecule has 0 unspecified atom stereocenters. The summed E-state index contributed by atoms with van der Waals surface area (Å²) >= 11 is 0. The van der Waals surface area contributed by atoms with Gasteiger partial charge < -0.3 is 14.8 Å². The molecule has 0 fully saturated rings. The molecule has 10 nitrogen and oxygen atoms in total. The van der Waals surface area contributed by atoms with Crippen molar-refractivity contribution in [2.45, 2.75) is 0 Å². The number of hydrogen-bond donors (Lipinski definition) is 1. The fourth-order valence-corrected chi connectivity index (χ4v) is 3.19. The van der Waals surface area contributed by atoms with Crippen LogP contribution < -0.4 is 14.8 Å². The van der Waals surface area contributed by atoms with Gasteiger partial charge in [-0.05, 0) is 24.3 Å². The molecule has 0 radical (unpaired) electrons. The molecule has 144 valence electrons. The van der Waals surface area contributed by atoms with Gasteiger partial charge in [-0.15, -0.1) is 0 Å². The highest BCUT2D eigenvalue weighted by Crippen LogP contribution is 2.36. The van der Waals surface area contributed by atoms with Gasteiger partial charge in [0.05, 0.1) is 16.0 Å². The normalized spacial score (nSPS) is 12.7. The number of nitrogens with one attached hydrogen (secondary N) is 1. The van der Waals surface area contributed by atoms with Crippen LogP contribution in [0.1, 0.15) is 0 Å². The first-order valence-electron chi connectivity index (χ1n) is 8.79. The Kier molecular flexibility index (Phi) is 3.94. The van der Waals surface area contributed by atoms with E-state index in [0.29, 0.717) is 41.4 Å². The number of imidazole rings is 1. The highest BCUT2D eigenvalue weighted by molar-refractivity contribution is 5.79. The van der Waals surface area contributed by atoms with Crippen LogP contribution >= 0.6 is 0 Å². The number of fused-ring (bicyclic) bond motifs is 2. The van der Waals surface area contributed by atoms with E-state index in [2.05, 4.69) is 20.3 Å². The van der Waals surface area contributed by atoms with Gasteiger partial charge >= 0.3 is 5.69 Å². The summed E-state index contributed by atoms with van der Waals surface area (Å²) in [4.78, 5) is 23.9. The van der Waals surface area contributed by atoms with E-state index < -0.39 is 4.92 Å². The summed E-state index contributed by atoms with van der Waals surface area (Å²) in [5, 5.41) is 14.9. The molecular formula is C19H14N6O4. The average Bonchev–Trinajstić information content (AvgIpc) is 3.17. The summed E-state index contributed by atoms with van der Waals surface area (Å²) in [7, 11) is 0. The van der Waals surface area contributed by atoms with E-state index in [1.807, 2.05) is 24.3 Å². The molecule has 0 aliphatic carbocycles. The van der Waals surface area contributed by atoms with Crippen molar-refractivity contribution in [3.63, 3.8) is 0 Å². The summed E-state index contributed by atoms with van der Waals surface area (Å²) in [6, 6.07) is 12.5. The van der Waals surface area contributed by atoms with Crippen molar-refractivity contribution < 1.29 is 14.4 Å². The molecule has 1 N–H and O–H groups in total. The van der Waals surface area contributed by atoms with Gasteiger partial charge in [-0.3, -0.25) is 14.7 Å². The first-order chi connectivity index (χ1) is 14.2. The minimum atomic E-state index is -0.509. The lowest BCUT2D eigenvalue weighted by Gasteiger charge is -2.19. The maximum Gasteiger partial charge on any atom is 0.354 e. The summed E-state index contributed by atoms with van der Waals surface area (Å²) in [5.41, 5.74) is 1.74. The van der Waals surface area contributed by atoms with Gasteiger partial charge in [0.2, 0.25) is 11.6 Å². The monoisotopic (exact) mass is 390 g/mol. The van der Waals surface area contributed by atoms with E-state index in [-0.39, 0.29) is 17.3 Å². The van der Waals surface area contributed by atoms with Crippen molar-refractivity contribution in [1.82, 2.24) is 19.5 Å². The third kappa shape index (κ3) is 2.96. The Morgan fingerprint density at radius 1 is 1.03 bits per heavy atom. The van der Waals surface area contributed by atoms with Crippen molar-refractivity contribution in [3.05, 3.63) is 65.2 Å². The molecule has 1 aliphatic heterocycles. The highest BCUT2D eigenvalue weighted by atomic mass is 16.6. The van der Waals surface area contributed by atoms with Gasteiger partial charge in [-0.2, -0.15) is 0 Å². The molecule has 29 heavy (non-hydrogen) atoms. The SMILES string of the molecule is O=[N+]([O-])c1c(Nc2ccc3c(c2)OCCO3)ncnc1-n1cnc2ccccc21. The number of hydrogen-bond acceptors (Lipinski definition) is 8. The molecule has 3 heterocycles. The zero-order valence-electron chi connectivity index (χ0n) is 15.0. The number of anilines is 2. The number of nitro groups is 1. The first-order valence-corrected chi connectivity index (χ1v) is 8.79. The molecule has 2 aromatic heterocycles. The number of aromatic nitrogens is 4. The van der Waals surface area contributed by atoms with E-state index >= 15 is 0 Å². The molecular weight excluding hydrogens is 376 g/mol. The zero-order chi connectivity index (χ0) is 19.8. The second-order valence-electron chi connectivity index (χ2n) is 6.24. The third-order valence-corrected chi connectivity index (χ3v) is 4.47. The molecule has 0 atom stereocenters. The molecule has 10 heteroatoms. The van der Waals surface area contributed by atoms with E-state index in [4.69, 9.17) is 9.47 Å². The molecule has 0 bridgehead atoms. The molecule has 0 saturated heterocycles. The van der Waals surface area contributed by atoms with Crippen LogP contribution in [-0.4, -0.2) is 37.7 Å². The van der Waals surface area contributed by atoms with Crippen LogP contribution in [-0.2, 0) is 0 Å². The topological polar surface area (TPSA) is 117 Å². The molecule has 4 aromatic rings. The summed E-state index contributed by atoms with van der Waals surface area (Å²) < 4.78 is 12.6. The van der Waals surface area contributed by atoms with Crippen LogP contribution in [0.4, 0.5) is 17.2 Å². The van der Waals surface area contributed by atoms with Crippen LogP contribution in [0.5, 0.6) is 11.5 Å². The van der Waals surface area contributed by atoms with Crippen LogP contribution in [0.25, 0.3) is 16.9 Å². The number of benzene rings is 2. The van der Waals surface area contributed by atoms with Gasteiger partial charge in [-0.25, -0.2) is 15.0 Å².